The van der Waals surface area contributed by atoms with Crippen molar-refractivity contribution < 1.29 is 4.79 Å². The van der Waals surface area contributed by atoms with Crippen molar-refractivity contribution in [3.8, 4) is 0 Å². The van der Waals surface area contributed by atoms with Gasteiger partial charge in [-0.1, -0.05) is 24.6 Å². The van der Waals surface area contributed by atoms with E-state index < -0.39 is 0 Å². The van der Waals surface area contributed by atoms with Crippen LogP contribution in [0.2, 0.25) is 0 Å². The molecule has 2 amide bonds. The van der Waals surface area contributed by atoms with Crippen molar-refractivity contribution in [2.75, 3.05) is 31.1 Å². The number of anilines is 1. The lowest BCUT2D eigenvalue weighted by atomic mass is 9.90. The predicted molar refractivity (Wildman–Crippen MR) is 78.9 cm³/mol. The van der Waals surface area contributed by atoms with E-state index in [4.69, 9.17) is 0 Å². The van der Waals surface area contributed by atoms with Crippen LogP contribution in [0.4, 0.5) is 10.5 Å². The summed E-state index contributed by atoms with van der Waals surface area (Å²) in [6, 6.07) is 11.4. The van der Waals surface area contributed by atoms with Crippen molar-refractivity contribution in [1.82, 2.24) is 9.80 Å². The summed E-state index contributed by atoms with van der Waals surface area (Å²) in [6.07, 6.45) is 4.08. The molecule has 0 bridgehead atoms. The van der Waals surface area contributed by atoms with E-state index in [1.165, 1.54) is 19.3 Å². The summed E-state index contributed by atoms with van der Waals surface area (Å²) < 4.78 is 0. The molecule has 2 saturated heterocycles. The minimum absolute atomic E-state index is 0.189. The second kappa shape index (κ2) is 4.77. The molecular formula is C16H21N3O. The number of rotatable bonds is 2. The average Bonchev–Trinajstić information content (AvgIpc) is 2.75. The zero-order chi connectivity index (χ0) is 13.5. The standard InChI is InChI=1S/C16H21N3O/c20-16-18-10-9-17(13-7-4-8-13)11-15(18)12-19(16)14-5-2-1-3-6-14/h1-3,5-6,13,15H,4,7-12H2. The van der Waals surface area contributed by atoms with Crippen LogP contribution in [0.15, 0.2) is 30.3 Å². The van der Waals surface area contributed by atoms with Gasteiger partial charge in [0, 0.05) is 37.9 Å². The molecule has 3 aliphatic rings. The molecule has 0 aromatic heterocycles. The number of fused-ring (bicyclic) bond motifs is 1. The fourth-order valence-electron chi connectivity index (χ4n) is 3.64. The van der Waals surface area contributed by atoms with Crippen LogP contribution in [0, 0.1) is 0 Å². The maximum Gasteiger partial charge on any atom is 0.324 e. The number of hydrogen-bond acceptors (Lipinski definition) is 2. The second-order valence-corrected chi connectivity index (χ2v) is 6.16. The van der Waals surface area contributed by atoms with Gasteiger partial charge < -0.3 is 4.90 Å². The normalized spacial score (nSPS) is 27.6. The lowest BCUT2D eigenvalue weighted by Crippen LogP contribution is -2.56. The molecule has 2 aliphatic heterocycles. The van der Waals surface area contributed by atoms with Crippen LogP contribution in [0.25, 0.3) is 0 Å². The zero-order valence-electron chi connectivity index (χ0n) is 11.7. The molecule has 0 spiro atoms. The first-order chi connectivity index (χ1) is 9.83. The van der Waals surface area contributed by atoms with Crippen LogP contribution in [0.1, 0.15) is 19.3 Å². The first-order valence-corrected chi connectivity index (χ1v) is 7.70. The van der Waals surface area contributed by atoms with E-state index in [2.05, 4.69) is 9.80 Å². The molecule has 4 nitrogen and oxygen atoms in total. The molecule has 106 valence electrons. The van der Waals surface area contributed by atoms with Gasteiger partial charge in [-0.05, 0) is 25.0 Å². The molecule has 1 aromatic rings. The Bertz CT molecular complexity index is 500. The van der Waals surface area contributed by atoms with Crippen LogP contribution in [0.3, 0.4) is 0 Å². The molecule has 3 fully saturated rings. The van der Waals surface area contributed by atoms with E-state index in [1.54, 1.807) is 0 Å². The number of carbonyl (C=O) groups is 1. The minimum Gasteiger partial charge on any atom is -0.317 e. The Hall–Kier alpha value is -1.55. The third kappa shape index (κ3) is 1.90. The van der Waals surface area contributed by atoms with E-state index in [0.717, 1.165) is 37.9 Å². The summed E-state index contributed by atoms with van der Waals surface area (Å²) in [5.74, 6) is 0. The van der Waals surface area contributed by atoms with Crippen LogP contribution < -0.4 is 4.90 Å². The van der Waals surface area contributed by atoms with Gasteiger partial charge in [0.2, 0.25) is 0 Å². The Labute approximate surface area is 120 Å². The highest BCUT2D eigenvalue weighted by Crippen LogP contribution is 2.30. The molecule has 4 heteroatoms. The summed E-state index contributed by atoms with van der Waals surface area (Å²) in [4.78, 5) is 19.1. The van der Waals surface area contributed by atoms with Crippen molar-refractivity contribution in [3.05, 3.63) is 30.3 Å². The van der Waals surface area contributed by atoms with Crippen LogP contribution in [-0.4, -0.2) is 54.1 Å². The molecule has 20 heavy (non-hydrogen) atoms. The molecule has 1 atom stereocenters. The summed E-state index contributed by atoms with van der Waals surface area (Å²) in [7, 11) is 0. The lowest BCUT2D eigenvalue weighted by molar-refractivity contribution is 0.0558. The second-order valence-electron chi connectivity index (χ2n) is 6.16. The van der Waals surface area contributed by atoms with Crippen LogP contribution in [-0.2, 0) is 0 Å². The Morgan fingerprint density at radius 1 is 0.950 bits per heavy atom. The largest absolute Gasteiger partial charge is 0.324 e. The zero-order valence-corrected chi connectivity index (χ0v) is 11.7. The number of nitrogens with zero attached hydrogens (tertiary/aromatic N) is 3. The summed E-state index contributed by atoms with van der Waals surface area (Å²) in [6.45, 7) is 3.84. The predicted octanol–water partition coefficient (Wildman–Crippen LogP) is 2.17. The summed E-state index contributed by atoms with van der Waals surface area (Å²) in [5, 5.41) is 0. The highest BCUT2D eigenvalue weighted by molar-refractivity contribution is 5.94. The van der Waals surface area contributed by atoms with Crippen molar-refractivity contribution in [1.29, 1.82) is 0 Å². The van der Waals surface area contributed by atoms with Crippen molar-refractivity contribution >= 4 is 11.7 Å². The molecule has 2 heterocycles. The molecular weight excluding hydrogens is 250 g/mol. The first kappa shape index (κ1) is 12.2. The van der Waals surface area contributed by atoms with E-state index >= 15 is 0 Å². The van der Waals surface area contributed by atoms with E-state index in [1.807, 2.05) is 35.2 Å². The molecule has 4 rings (SSSR count). The van der Waals surface area contributed by atoms with Gasteiger partial charge in [-0.25, -0.2) is 4.79 Å². The fraction of sp³-hybridized carbons (Fsp3) is 0.562. The van der Waals surface area contributed by atoms with Gasteiger partial charge in [0.1, 0.15) is 0 Å². The molecule has 1 unspecified atom stereocenters. The highest BCUT2D eigenvalue weighted by atomic mass is 16.2. The number of amides is 2. The van der Waals surface area contributed by atoms with E-state index in [-0.39, 0.29) is 6.03 Å². The van der Waals surface area contributed by atoms with Gasteiger partial charge in [-0.3, -0.25) is 9.80 Å². The van der Waals surface area contributed by atoms with Gasteiger partial charge in [0.25, 0.3) is 0 Å². The number of para-hydroxylation sites is 1. The van der Waals surface area contributed by atoms with Gasteiger partial charge in [-0.15, -0.1) is 0 Å². The molecule has 1 aromatic carbocycles. The smallest absolute Gasteiger partial charge is 0.317 e. The topological polar surface area (TPSA) is 26.8 Å². The molecule has 0 radical (unpaired) electrons. The van der Waals surface area contributed by atoms with E-state index in [9.17, 15) is 4.79 Å². The fourth-order valence-corrected chi connectivity index (χ4v) is 3.64. The monoisotopic (exact) mass is 271 g/mol. The van der Waals surface area contributed by atoms with Crippen molar-refractivity contribution in [2.45, 2.75) is 31.3 Å². The SMILES string of the molecule is O=C1N(c2ccccc2)CC2CN(C3CCC3)CCN12. The lowest BCUT2D eigenvalue weighted by Gasteiger charge is -2.44. The maximum absolute atomic E-state index is 12.5. The molecule has 0 N–H and O–H groups in total. The average molecular weight is 271 g/mol. The van der Waals surface area contributed by atoms with Gasteiger partial charge in [0.15, 0.2) is 0 Å². The third-order valence-electron chi connectivity index (χ3n) is 5.04. The van der Waals surface area contributed by atoms with Gasteiger partial charge in [0.05, 0.1) is 6.04 Å². The Kier molecular flexibility index (Phi) is 2.91. The number of carbonyl (C=O) groups excluding carboxylic acids is 1. The highest BCUT2D eigenvalue weighted by Gasteiger charge is 2.42. The Morgan fingerprint density at radius 3 is 2.45 bits per heavy atom. The maximum atomic E-state index is 12.5. The van der Waals surface area contributed by atoms with Gasteiger partial charge >= 0.3 is 6.03 Å². The molecule has 1 aliphatic carbocycles. The van der Waals surface area contributed by atoms with Crippen LogP contribution >= 0.6 is 0 Å². The minimum atomic E-state index is 0.189. The Morgan fingerprint density at radius 2 is 1.75 bits per heavy atom. The number of piperazine rings is 1. The Balaban J connectivity index is 1.50. The summed E-state index contributed by atoms with van der Waals surface area (Å²) in [5.41, 5.74) is 1.03. The first-order valence-electron chi connectivity index (χ1n) is 7.70. The third-order valence-corrected chi connectivity index (χ3v) is 5.04. The van der Waals surface area contributed by atoms with Crippen molar-refractivity contribution in [2.24, 2.45) is 0 Å². The van der Waals surface area contributed by atoms with Gasteiger partial charge in [-0.2, -0.15) is 0 Å². The van der Waals surface area contributed by atoms with Crippen molar-refractivity contribution in [3.63, 3.8) is 0 Å². The van der Waals surface area contributed by atoms with E-state index in [0.29, 0.717) is 6.04 Å². The summed E-state index contributed by atoms with van der Waals surface area (Å²) >= 11 is 0. The quantitative estimate of drug-likeness (QED) is 0.824. The number of benzene rings is 1. The number of urea groups is 1. The molecule has 1 saturated carbocycles. The number of hydrogen-bond donors (Lipinski definition) is 0. The van der Waals surface area contributed by atoms with Crippen LogP contribution in [0.5, 0.6) is 0 Å².